The molecule has 19 heavy (non-hydrogen) atoms. The molecule has 104 valence electrons. The molecule has 0 bridgehead atoms. The first-order valence-corrected chi connectivity index (χ1v) is 5.92. The molecule has 1 heterocycles. The molecule has 1 fully saturated rings. The van der Waals surface area contributed by atoms with E-state index in [0.29, 0.717) is 30.3 Å². The summed E-state index contributed by atoms with van der Waals surface area (Å²) in [6.45, 7) is 0.396. The number of carbonyl (C=O) groups is 1. The van der Waals surface area contributed by atoms with Crippen LogP contribution in [0.1, 0.15) is 18.0 Å². The fraction of sp³-hybridized carbons (Fsp3) is 0.462. The van der Waals surface area contributed by atoms with Crippen LogP contribution >= 0.6 is 0 Å². The molecule has 0 aromatic heterocycles. The predicted molar refractivity (Wildman–Crippen MR) is 67.9 cm³/mol. The highest BCUT2D eigenvalue weighted by molar-refractivity contribution is 5.69. The van der Waals surface area contributed by atoms with E-state index in [4.69, 9.17) is 18.9 Å². The molecule has 6 heteroatoms. The quantitative estimate of drug-likeness (QED) is 0.902. The average Bonchev–Trinajstić information content (AvgIpc) is 2.45. The topological polar surface area (TPSA) is 66.0 Å². The zero-order valence-electron chi connectivity index (χ0n) is 11.2. The summed E-state index contributed by atoms with van der Waals surface area (Å²) in [5.74, 6) is 1.67. The molecule has 0 spiro atoms. The lowest BCUT2D eigenvalue weighted by atomic mass is 10.0. The molecule has 2 rings (SSSR count). The van der Waals surface area contributed by atoms with Crippen LogP contribution < -0.4 is 19.5 Å². The summed E-state index contributed by atoms with van der Waals surface area (Å²) < 4.78 is 20.7. The Hall–Kier alpha value is -2.11. The fourth-order valence-electron chi connectivity index (χ4n) is 2.08. The Kier molecular flexibility index (Phi) is 3.99. The number of alkyl carbamates (subject to hydrolysis) is 1. The Labute approximate surface area is 111 Å². The summed E-state index contributed by atoms with van der Waals surface area (Å²) in [6, 6.07) is 3.55. The molecular weight excluding hydrogens is 250 g/mol. The van der Waals surface area contributed by atoms with Crippen molar-refractivity contribution in [3.05, 3.63) is 17.7 Å². The molecule has 0 saturated carbocycles. The lowest BCUT2D eigenvalue weighted by Gasteiger charge is -2.25. The Morgan fingerprint density at radius 3 is 2.26 bits per heavy atom. The highest BCUT2D eigenvalue weighted by Gasteiger charge is 2.23. The number of benzene rings is 1. The van der Waals surface area contributed by atoms with Crippen molar-refractivity contribution in [2.24, 2.45) is 0 Å². The molecule has 1 atom stereocenters. The third kappa shape index (κ3) is 2.67. The maximum atomic E-state index is 11.3. The first kappa shape index (κ1) is 13.3. The van der Waals surface area contributed by atoms with Crippen LogP contribution in [0.15, 0.2) is 12.1 Å². The van der Waals surface area contributed by atoms with E-state index >= 15 is 0 Å². The van der Waals surface area contributed by atoms with Crippen molar-refractivity contribution in [1.29, 1.82) is 0 Å². The molecule has 0 radical (unpaired) electrons. The van der Waals surface area contributed by atoms with E-state index in [1.54, 1.807) is 21.3 Å². The summed E-state index contributed by atoms with van der Waals surface area (Å²) in [5.41, 5.74) is 0.895. The number of cyclic esters (lactones) is 1. The highest BCUT2D eigenvalue weighted by atomic mass is 16.6. The van der Waals surface area contributed by atoms with Gasteiger partial charge in [0.05, 0.1) is 34.0 Å². The van der Waals surface area contributed by atoms with E-state index in [1.165, 1.54) is 0 Å². The van der Waals surface area contributed by atoms with E-state index < -0.39 is 6.09 Å². The number of rotatable bonds is 4. The van der Waals surface area contributed by atoms with E-state index in [2.05, 4.69) is 5.32 Å². The van der Waals surface area contributed by atoms with E-state index in [-0.39, 0.29) is 6.04 Å². The van der Waals surface area contributed by atoms with Gasteiger partial charge >= 0.3 is 6.09 Å². The molecule has 0 unspecified atom stereocenters. The summed E-state index contributed by atoms with van der Waals surface area (Å²) >= 11 is 0. The second-order valence-corrected chi connectivity index (χ2v) is 4.08. The van der Waals surface area contributed by atoms with Crippen molar-refractivity contribution in [3.8, 4) is 17.2 Å². The van der Waals surface area contributed by atoms with Crippen molar-refractivity contribution in [2.75, 3.05) is 27.9 Å². The Morgan fingerprint density at radius 2 is 1.79 bits per heavy atom. The number of amides is 1. The van der Waals surface area contributed by atoms with Gasteiger partial charge in [-0.2, -0.15) is 0 Å². The van der Waals surface area contributed by atoms with Gasteiger partial charge in [0.25, 0.3) is 0 Å². The summed E-state index contributed by atoms with van der Waals surface area (Å²) in [7, 11) is 4.67. The third-order valence-electron chi connectivity index (χ3n) is 3.02. The second kappa shape index (κ2) is 5.69. The van der Waals surface area contributed by atoms with Crippen molar-refractivity contribution in [1.82, 2.24) is 5.32 Å². The van der Waals surface area contributed by atoms with Gasteiger partial charge in [-0.3, -0.25) is 0 Å². The number of methoxy groups -OCH3 is 3. The van der Waals surface area contributed by atoms with Crippen LogP contribution in [-0.4, -0.2) is 34.0 Å². The number of ether oxygens (including phenoxy) is 4. The van der Waals surface area contributed by atoms with Crippen LogP contribution in [0.4, 0.5) is 4.79 Å². The Balaban J connectivity index is 2.37. The molecule has 1 aromatic rings. The monoisotopic (exact) mass is 267 g/mol. The molecule has 1 N–H and O–H groups in total. The first-order valence-electron chi connectivity index (χ1n) is 5.92. The minimum absolute atomic E-state index is 0.116. The van der Waals surface area contributed by atoms with E-state index in [1.807, 2.05) is 12.1 Å². The van der Waals surface area contributed by atoms with Crippen LogP contribution in [0.3, 0.4) is 0 Å². The summed E-state index contributed by atoms with van der Waals surface area (Å²) in [6.07, 6.45) is 0.287. The fourth-order valence-corrected chi connectivity index (χ4v) is 2.08. The molecule has 1 aromatic carbocycles. The van der Waals surface area contributed by atoms with Crippen LogP contribution in [-0.2, 0) is 4.74 Å². The number of hydrogen-bond acceptors (Lipinski definition) is 5. The van der Waals surface area contributed by atoms with Gasteiger partial charge in [0.2, 0.25) is 5.75 Å². The maximum absolute atomic E-state index is 11.3. The largest absolute Gasteiger partial charge is 0.493 e. The Morgan fingerprint density at radius 1 is 1.16 bits per heavy atom. The van der Waals surface area contributed by atoms with Crippen molar-refractivity contribution >= 4 is 6.09 Å². The minimum Gasteiger partial charge on any atom is -0.493 e. The van der Waals surface area contributed by atoms with Gasteiger partial charge < -0.3 is 24.3 Å². The van der Waals surface area contributed by atoms with Gasteiger partial charge in [0.1, 0.15) is 0 Å². The smallest absolute Gasteiger partial charge is 0.407 e. The van der Waals surface area contributed by atoms with Crippen LogP contribution in [0.5, 0.6) is 17.2 Å². The molecule has 1 aliphatic heterocycles. The first-order chi connectivity index (χ1) is 9.19. The van der Waals surface area contributed by atoms with Crippen LogP contribution in [0.2, 0.25) is 0 Å². The molecule has 1 saturated heterocycles. The van der Waals surface area contributed by atoms with Crippen LogP contribution in [0, 0.1) is 0 Å². The average molecular weight is 267 g/mol. The molecule has 1 aliphatic rings. The minimum atomic E-state index is -0.412. The zero-order chi connectivity index (χ0) is 13.8. The SMILES string of the molecule is COc1cc([C@H]2CCOC(=O)N2)cc(OC)c1OC. The maximum Gasteiger partial charge on any atom is 0.407 e. The second-order valence-electron chi connectivity index (χ2n) is 4.08. The third-order valence-corrected chi connectivity index (χ3v) is 3.02. The number of nitrogens with one attached hydrogen (secondary N) is 1. The molecule has 6 nitrogen and oxygen atoms in total. The Bertz CT molecular complexity index is 449. The predicted octanol–water partition coefficient (Wildman–Crippen LogP) is 1.88. The van der Waals surface area contributed by atoms with Crippen LogP contribution in [0.25, 0.3) is 0 Å². The molecule has 0 aliphatic carbocycles. The molecular formula is C13H17NO5. The van der Waals surface area contributed by atoms with Crippen molar-refractivity contribution in [2.45, 2.75) is 12.5 Å². The van der Waals surface area contributed by atoms with Gasteiger partial charge in [-0.05, 0) is 17.7 Å². The lowest BCUT2D eigenvalue weighted by Crippen LogP contribution is -2.35. The molecule has 1 amide bonds. The van der Waals surface area contributed by atoms with Gasteiger partial charge in [-0.25, -0.2) is 4.79 Å². The lowest BCUT2D eigenvalue weighted by molar-refractivity contribution is 0.115. The van der Waals surface area contributed by atoms with Gasteiger partial charge in [0.15, 0.2) is 11.5 Å². The number of carbonyl (C=O) groups excluding carboxylic acids is 1. The normalized spacial score (nSPS) is 18.3. The summed E-state index contributed by atoms with van der Waals surface area (Å²) in [4.78, 5) is 11.3. The van der Waals surface area contributed by atoms with E-state index in [0.717, 1.165) is 5.56 Å². The van der Waals surface area contributed by atoms with Gasteiger partial charge in [-0.1, -0.05) is 0 Å². The van der Waals surface area contributed by atoms with Crippen molar-refractivity contribution < 1.29 is 23.7 Å². The zero-order valence-corrected chi connectivity index (χ0v) is 11.2. The van der Waals surface area contributed by atoms with Crippen molar-refractivity contribution in [3.63, 3.8) is 0 Å². The summed E-state index contributed by atoms with van der Waals surface area (Å²) in [5, 5.41) is 2.76. The highest BCUT2D eigenvalue weighted by Crippen LogP contribution is 2.40. The standard InChI is InChI=1S/C13H17NO5/c1-16-10-6-8(7-11(17-2)12(10)18-3)9-4-5-19-13(15)14-9/h6-7,9H,4-5H2,1-3H3,(H,14,15)/t9-/m1/s1. The van der Waals surface area contributed by atoms with Gasteiger partial charge in [-0.15, -0.1) is 0 Å². The van der Waals surface area contributed by atoms with E-state index in [9.17, 15) is 4.79 Å². The van der Waals surface area contributed by atoms with Gasteiger partial charge in [0, 0.05) is 6.42 Å². The number of hydrogen-bond donors (Lipinski definition) is 1.